The number of amides is 3. The molecule has 2 aromatic rings. The van der Waals surface area contributed by atoms with E-state index in [1.807, 2.05) is 32.0 Å². The summed E-state index contributed by atoms with van der Waals surface area (Å²) in [6, 6.07) is 8.98. The Morgan fingerprint density at radius 3 is 2.55 bits per heavy atom. The SMILES string of the molecule is C=C(CCNC(=O)c1cc(CNC(C)=O)ccn1)NC(=O)COc1ccc(C)c(C)c1. The van der Waals surface area contributed by atoms with E-state index in [0.29, 0.717) is 24.4 Å². The number of benzene rings is 1. The van der Waals surface area contributed by atoms with E-state index in [2.05, 4.69) is 27.5 Å². The van der Waals surface area contributed by atoms with Crippen LogP contribution in [0.4, 0.5) is 0 Å². The average Bonchev–Trinajstić information content (AvgIpc) is 2.73. The monoisotopic (exact) mass is 424 g/mol. The summed E-state index contributed by atoms with van der Waals surface area (Å²) in [5.74, 6) is -0.184. The van der Waals surface area contributed by atoms with Gasteiger partial charge in [-0.15, -0.1) is 0 Å². The normalized spacial score (nSPS) is 10.2. The van der Waals surface area contributed by atoms with Crippen LogP contribution in [0, 0.1) is 13.8 Å². The predicted octanol–water partition coefficient (Wildman–Crippen LogP) is 2.16. The molecule has 0 aliphatic rings. The van der Waals surface area contributed by atoms with Crippen molar-refractivity contribution in [3.05, 3.63) is 71.2 Å². The second-order valence-corrected chi connectivity index (χ2v) is 7.15. The number of nitrogens with one attached hydrogen (secondary N) is 3. The third kappa shape index (κ3) is 8.30. The van der Waals surface area contributed by atoms with Crippen molar-refractivity contribution >= 4 is 17.7 Å². The maximum atomic E-state index is 12.3. The molecule has 1 aromatic heterocycles. The van der Waals surface area contributed by atoms with Gasteiger partial charge in [-0.1, -0.05) is 12.6 Å². The summed E-state index contributed by atoms with van der Waals surface area (Å²) in [5.41, 5.74) is 3.74. The van der Waals surface area contributed by atoms with Gasteiger partial charge in [0, 0.05) is 38.3 Å². The van der Waals surface area contributed by atoms with Crippen LogP contribution in [0.15, 0.2) is 48.8 Å². The highest BCUT2D eigenvalue weighted by Gasteiger charge is 2.09. The van der Waals surface area contributed by atoms with Crippen LogP contribution in [0.1, 0.15) is 40.5 Å². The van der Waals surface area contributed by atoms with Gasteiger partial charge in [0.15, 0.2) is 6.61 Å². The molecule has 1 aromatic carbocycles. The Labute approximate surface area is 182 Å². The molecule has 0 radical (unpaired) electrons. The van der Waals surface area contributed by atoms with Gasteiger partial charge < -0.3 is 20.7 Å². The highest BCUT2D eigenvalue weighted by atomic mass is 16.5. The van der Waals surface area contributed by atoms with Crippen molar-refractivity contribution in [2.75, 3.05) is 13.2 Å². The molecule has 0 atom stereocenters. The van der Waals surface area contributed by atoms with E-state index in [1.54, 1.807) is 12.1 Å². The van der Waals surface area contributed by atoms with Crippen LogP contribution in [0.2, 0.25) is 0 Å². The Kier molecular flexibility index (Phi) is 8.75. The van der Waals surface area contributed by atoms with Gasteiger partial charge in [-0.2, -0.15) is 0 Å². The average molecular weight is 425 g/mol. The molecule has 2 rings (SSSR count). The van der Waals surface area contributed by atoms with Crippen molar-refractivity contribution in [2.24, 2.45) is 0 Å². The molecular weight excluding hydrogens is 396 g/mol. The zero-order valence-corrected chi connectivity index (χ0v) is 18.1. The highest BCUT2D eigenvalue weighted by Crippen LogP contribution is 2.16. The molecule has 164 valence electrons. The minimum absolute atomic E-state index is 0.126. The first-order chi connectivity index (χ1) is 14.7. The molecule has 8 nitrogen and oxygen atoms in total. The van der Waals surface area contributed by atoms with E-state index in [4.69, 9.17) is 4.74 Å². The van der Waals surface area contributed by atoms with Gasteiger partial charge in [-0.25, -0.2) is 0 Å². The zero-order chi connectivity index (χ0) is 22.8. The summed E-state index contributed by atoms with van der Waals surface area (Å²) in [4.78, 5) is 39.3. The number of nitrogens with zero attached hydrogens (tertiary/aromatic N) is 1. The first-order valence-electron chi connectivity index (χ1n) is 9.90. The quantitative estimate of drug-likeness (QED) is 0.542. The number of carbonyl (C=O) groups is 3. The van der Waals surface area contributed by atoms with E-state index in [0.717, 1.165) is 16.7 Å². The van der Waals surface area contributed by atoms with Gasteiger partial charge in [0.2, 0.25) is 5.91 Å². The maximum Gasteiger partial charge on any atom is 0.269 e. The lowest BCUT2D eigenvalue weighted by Crippen LogP contribution is -2.31. The summed E-state index contributed by atoms with van der Waals surface area (Å²) >= 11 is 0. The first kappa shape index (κ1) is 23.6. The minimum atomic E-state index is -0.345. The van der Waals surface area contributed by atoms with Crippen LogP contribution in [0.3, 0.4) is 0 Å². The van der Waals surface area contributed by atoms with Gasteiger partial charge in [0.05, 0.1) is 0 Å². The maximum absolute atomic E-state index is 12.3. The Morgan fingerprint density at radius 1 is 1.06 bits per heavy atom. The summed E-state index contributed by atoms with van der Waals surface area (Å²) in [5, 5.41) is 8.06. The number of pyridine rings is 1. The summed E-state index contributed by atoms with van der Waals surface area (Å²) < 4.78 is 5.49. The minimum Gasteiger partial charge on any atom is -0.484 e. The van der Waals surface area contributed by atoms with Crippen LogP contribution in [0.5, 0.6) is 5.75 Å². The Morgan fingerprint density at radius 2 is 1.84 bits per heavy atom. The van der Waals surface area contributed by atoms with E-state index in [9.17, 15) is 14.4 Å². The Bertz CT molecular complexity index is 972. The van der Waals surface area contributed by atoms with E-state index in [-0.39, 0.29) is 36.6 Å². The largest absolute Gasteiger partial charge is 0.484 e. The van der Waals surface area contributed by atoms with Crippen molar-refractivity contribution in [3.63, 3.8) is 0 Å². The van der Waals surface area contributed by atoms with Crippen molar-refractivity contribution < 1.29 is 19.1 Å². The van der Waals surface area contributed by atoms with Crippen LogP contribution in [-0.4, -0.2) is 35.9 Å². The summed E-state index contributed by atoms with van der Waals surface area (Å²) in [6.07, 6.45) is 1.88. The van der Waals surface area contributed by atoms with Crippen molar-refractivity contribution in [1.82, 2.24) is 20.9 Å². The van der Waals surface area contributed by atoms with Gasteiger partial charge in [-0.05, 0) is 54.8 Å². The third-order valence-electron chi connectivity index (χ3n) is 4.48. The molecule has 1 heterocycles. The summed E-state index contributed by atoms with van der Waals surface area (Å²) in [7, 11) is 0. The topological polar surface area (TPSA) is 109 Å². The van der Waals surface area contributed by atoms with Crippen LogP contribution in [-0.2, 0) is 16.1 Å². The van der Waals surface area contributed by atoms with Crippen LogP contribution >= 0.6 is 0 Å². The molecule has 31 heavy (non-hydrogen) atoms. The molecule has 0 aliphatic carbocycles. The Balaban J connectivity index is 1.71. The molecule has 0 saturated carbocycles. The number of aromatic nitrogens is 1. The number of hydrogen-bond acceptors (Lipinski definition) is 5. The lowest BCUT2D eigenvalue weighted by Gasteiger charge is -2.11. The fourth-order valence-electron chi connectivity index (χ4n) is 2.60. The van der Waals surface area contributed by atoms with Crippen LogP contribution < -0.4 is 20.7 Å². The zero-order valence-electron chi connectivity index (χ0n) is 18.1. The summed E-state index contributed by atoms with van der Waals surface area (Å²) in [6.45, 7) is 9.70. The number of hydrogen-bond donors (Lipinski definition) is 3. The molecule has 3 N–H and O–H groups in total. The van der Waals surface area contributed by atoms with Crippen molar-refractivity contribution in [1.29, 1.82) is 0 Å². The molecule has 3 amide bonds. The lowest BCUT2D eigenvalue weighted by atomic mass is 10.1. The number of ether oxygens (including phenoxy) is 1. The molecule has 0 aliphatic heterocycles. The predicted molar refractivity (Wildman–Crippen MR) is 117 cm³/mol. The van der Waals surface area contributed by atoms with Gasteiger partial charge >= 0.3 is 0 Å². The van der Waals surface area contributed by atoms with Crippen molar-refractivity contribution in [3.8, 4) is 5.75 Å². The molecule has 0 unspecified atom stereocenters. The molecular formula is C23H28N4O4. The van der Waals surface area contributed by atoms with Crippen molar-refractivity contribution in [2.45, 2.75) is 33.7 Å². The van der Waals surface area contributed by atoms with Crippen LogP contribution in [0.25, 0.3) is 0 Å². The van der Waals surface area contributed by atoms with Gasteiger partial charge in [0.25, 0.3) is 11.8 Å². The smallest absolute Gasteiger partial charge is 0.269 e. The van der Waals surface area contributed by atoms with Gasteiger partial charge in [-0.3, -0.25) is 19.4 Å². The standard InChI is InChI=1S/C23H28N4O4/c1-15-5-6-20(11-16(15)2)31-14-22(29)27-17(3)7-9-25-23(30)21-12-19(8-10-24-21)13-26-18(4)28/h5-6,8,10-12H,3,7,9,13-14H2,1-2,4H3,(H,25,30)(H,26,28)(H,27,29). The highest BCUT2D eigenvalue weighted by molar-refractivity contribution is 5.92. The lowest BCUT2D eigenvalue weighted by molar-refractivity contribution is -0.122. The number of carbonyl (C=O) groups excluding carboxylic acids is 3. The number of aryl methyl sites for hydroxylation is 2. The second kappa shape index (κ2) is 11.5. The molecule has 8 heteroatoms. The van der Waals surface area contributed by atoms with E-state index in [1.165, 1.54) is 13.1 Å². The first-order valence-corrected chi connectivity index (χ1v) is 9.90. The van der Waals surface area contributed by atoms with E-state index < -0.39 is 0 Å². The van der Waals surface area contributed by atoms with E-state index >= 15 is 0 Å². The fraction of sp³-hybridized carbons (Fsp3) is 0.304. The Hall–Kier alpha value is -3.68. The molecule has 0 saturated heterocycles. The second-order valence-electron chi connectivity index (χ2n) is 7.15. The molecule has 0 spiro atoms. The fourth-order valence-corrected chi connectivity index (χ4v) is 2.60. The molecule has 0 bridgehead atoms. The number of rotatable bonds is 10. The van der Waals surface area contributed by atoms with Gasteiger partial charge in [0.1, 0.15) is 11.4 Å². The third-order valence-corrected chi connectivity index (χ3v) is 4.48. The molecule has 0 fully saturated rings.